The largest absolute Gasteiger partial charge is 0.397 e. The summed E-state index contributed by atoms with van der Waals surface area (Å²) in [7, 11) is 0. The molecule has 2 aliphatic rings. The number of nitrogens with one attached hydrogen (secondary N) is 1. The fourth-order valence-electron chi connectivity index (χ4n) is 3.96. The van der Waals surface area contributed by atoms with Crippen LogP contribution in [0.25, 0.3) is 5.70 Å². The van der Waals surface area contributed by atoms with E-state index >= 15 is 0 Å². The number of ketones is 2. The molecule has 1 saturated carbocycles. The number of carbonyl (C=O) groups is 2. The van der Waals surface area contributed by atoms with E-state index in [4.69, 9.17) is 5.73 Å². The van der Waals surface area contributed by atoms with E-state index in [0.29, 0.717) is 42.2 Å². The van der Waals surface area contributed by atoms with Gasteiger partial charge in [-0.1, -0.05) is 19.8 Å². The lowest BCUT2D eigenvalue weighted by atomic mass is 9.81. The van der Waals surface area contributed by atoms with Crippen LogP contribution in [0.2, 0.25) is 0 Å². The highest BCUT2D eigenvalue weighted by atomic mass is 16.2. The lowest BCUT2D eigenvalue weighted by molar-refractivity contribution is -0.132. The fourth-order valence-corrected chi connectivity index (χ4v) is 3.96. The van der Waals surface area contributed by atoms with Crippen LogP contribution < -0.4 is 16.0 Å². The number of nitrogens with zero attached hydrogens (tertiary/aromatic N) is 3. The summed E-state index contributed by atoms with van der Waals surface area (Å²) >= 11 is 0. The van der Waals surface area contributed by atoms with Crippen LogP contribution in [0.3, 0.4) is 0 Å². The van der Waals surface area contributed by atoms with Gasteiger partial charge in [0.15, 0.2) is 5.78 Å². The standard InChI is InChI=1S/C21H31N5O2/c1-2-6-16(20(28)15-7-3-4-8-18(15)27)19(22)17-9-11-24-21(25-17)26-13-5-10-23-12-14-26/h9,11,15,23H,2-8,10,12-14,22H2,1H3/b19-16-/t15-/m0/s1. The van der Waals surface area contributed by atoms with Gasteiger partial charge in [-0.25, -0.2) is 9.97 Å². The third-order valence-corrected chi connectivity index (χ3v) is 5.54. The Morgan fingerprint density at radius 2 is 2.14 bits per heavy atom. The van der Waals surface area contributed by atoms with E-state index in [0.717, 1.165) is 51.9 Å². The second kappa shape index (κ2) is 9.78. The monoisotopic (exact) mass is 385 g/mol. The molecule has 3 rings (SSSR count). The van der Waals surface area contributed by atoms with Crippen molar-refractivity contribution in [3.8, 4) is 0 Å². The molecule has 1 aromatic rings. The lowest BCUT2D eigenvalue weighted by Gasteiger charge is -2.22. The average molecular weight is 386 g/mol. The maximum Gasteiger partial charge on any atom is 0.225 e. The van der Waals surface area contributed by atoms with E-state index in [1.165, 1.54) is 0 Å². The molecule has 0 unspecified atom stereocenters. The van der Waals surface area contributed by atoms with Crippen LogP contribution in [0, 0.1) is 5.92 Å². The molecule has 152 valence electrons. The number of carbonyl (C=O) groups excluding carboxylic acids is 2. The quantitative estimate of drug-likeness (QED) is 0.571. The molecule has 1 saturated heterocycles. The van der Waals surface area contributed by atoms with Gasteiger partial charge in [0.25, 0.3) is 0 Å². The Bertz CT molecular complexity index is 738. The smallest absolute Gasteiger partial charge is 0.225 e. The molecule has 1 aromatic heterocycles. The van der Waals surface area contributed by atoms with Crippen LogP contribution in [-0.2, 0) is 9.59 Å². The maximum atomic E-state index is 13.1. The lowest BCUT2D eigenvalue weighted by Crippen LogP contribution is -2.30. The van der Waals surface area contributed by atoms with Crippen molar-refractivity contribution in [1.82, 2.24) is 15.3 Å². The molecule has 0 radical (unpaired) electrons. The molecule has 1 atom stereocenters. The van der Waals surface area contributed by atoms with E-state index < -0.39 is 5.92 Å². The summed E-state index contributed by atoms with van der Waals surface area (Å²) in [5.41, 5.74) is 7.94. The van der Waals surface area contributed by atoms with Crippen LogP contribution >= 0.6 is 0 Å². The first-order chi connectivity index (χ1) is 13.6. The number of rotatable bonds is 6. The first-order valence-corrected chi connectivity index (χ1v) is 10.5. The summed E-state index contributed by atoms with van der Waals surface area (Å²) in [6.45, 7) is 5.62. The van der Waals surface area contributed by atoms with Gasteiger partial charge in [-0.15, -0.1) is 0 Å². The van der Waals surface area contributed by atoms with E-state index in [1.54, 1.807) is 12.3 Å². The van der Waals surface area contributed by atoms with Gasteiger partial charge in [0.2, 0.25) is 5.95 Å². The summed E-state index contributed by atoms with van der Waals surface area (Å²) in [5, 5.41) is 3.37. The molecular weight excluding hydrogens is 354 g/mol. The summed E-state index contributed by atoms with van der Waals surface area (Å²) in [5.74, 6) is 0.0503. The van der Waals surface area contributed by atoms with E-state index in [9.17, 15) is 9.59 Å². The number of allylic oxidation sites excluding steroid dienone is 1. The zero-order valence-electron chi connectivity index (χ0n) is 16.7. The van der Waals surface area contributed by atoms with Crippen molar-refractivity contribution in [3.05, 3.63) is 23.5 Å². The number of Topliss-reactive ketones (excluding diaryl/α,β-unsaturated/α-hetero) is 2. The second-order valence-corrected chi connectivity index (χ2v) is 7.60. The molecule has 0 spiro atoms. The van der Waals surface area contributed by atoms with Gasteiger partial charge in [0, 0.05) is 37.8 Å². The van der Waals surface area contributed by atoms with Gasteiger partial charge in [0.05, 0.1) is 17.3 Å². The summed E-state index contributed by atoms with van der Waals surface area (Å²) < 4.78 is 0. The van der Waals surface area contributed by atoms with Crippen molar-refractivity contribution in [2.24, 2.45) is 11.7 Å². The van der Waals surface area contributed by atoms with Gasteiger partial charge >= 0.3 is 0 Å². The summed E-state index contributed by atoms with van der Waals surface area (Å²) in [6, 6.07) is 1.75. The minimum absolute atomic E-state index is 0.0538. The first kappa shape index (κ1) is 20.5. The minimum atomic E-state index is -0.535. The number of nitrogens with two attached hydrogens (primary N) is 1. The molecule has 0 bridgehead atoms. The number of hydrogen-bond donors (Lipinski definition) is 2. The van der Waals surface area contributed by atoms with Crippen LogP contribution in [0.5, 0.6) is 0 Å². The van der Waals surface area contributed by atoms with Crippen molar-refractivity contribution in [2.45, 2.75) is 51.9 Å². The van der Waals surface area contributed by atoms with Crippen molar-refractivity contribution < 1.29 is 9.59 Å². The molecule has 2 heterocycles. The molecule has 0 aromatic carbocycles. The Hall–Kier alpha value is -2.28. The highest BCUT2D eigenvalue weighted by molar-refractivity contribution is 6.13. The highest BCUT2D eigenvalue weighted by Gasteiger charge is 2.32. The van der Waals surface area contributed by atoms with Crippen LogP contribution in [0.1, 0.15) is 57.6 Å². The Morgan fingerprint density at radius 1 is 1.29 bits per heavy atom. The molecule has 28 heavy (non-hydrogen) atoms. The van der Waals surface area contributed by atoms with Gasteiger partial charge in [-0.05, 0) is 38.3 Å². The Kier molecular flexibility index (Phi) is 7.14. The third-order valence-electron chi connectivity index (χ3n) is 5.54. The fraction of sp³-hybridized carbons (Fsp3) is 0.619. The van der Waals surface area contributed by atoms with Crippen molar-refractivity contribution in [1.29, 1.82) is 0 Å². The number of anilines is 1. The highest BCUT2D eigenvalue weighted by Crippen LogP contribution is 2.28. The Morgan fingerprint density at radius 3 is 2.93 bits per heavy atom. The third kappa shape index (κ3) is 4.76. The molecule has 7 heteroatoms. The van der Waals surface area contributed by atoms with Gasteiger partial charge in [-0.3, -0.25) is 9.59 Å². The topological polar surface area (TPSA) is 101 Å². The van der Waals surface area contributed by atoms with Crippen molar-refractivity contribution in [3.63, 3.8) is 0 Å². The van der Waals surface area contributed by atoms with Crippen LogP contribution in [0.15, 0.2) is 17.8 Å². The van der Waals surface area contributed by atoms with E-state index in [1.807, 2.05) is 6.92 Å². The van der Waals surface area contributed by atoms with Gasteiger partial charge in [-0.2, -0.15) is 0 Å². The molecule has 1 aliphatic heterocycles. The van der Waals surface area contributed by atoms with Gasteiger partial charge in [0.1, 0.15) is 5.78 Å². The predicted molar refractivity (Wildman–Crippen MR) is 110 cm³/mol. The SMILES string of the molecule is CCC/C(C(=O)[C@H]1CCCCC1=O)=C(/N)c1ccnc(N2CCCNCC2)n1. The zero-order chi connectivity index (χ0) is 19.9. The second-order valence-electron chi connectivity index (χ2n) is 7.60. The minimum Gasteiger partial charge on any atom is -0.397 e. The summed E-state index contributed by atoms with van der Waals surface area (Å²) in [6.07, 6.45) is 7.00. The van der Waals surface area contributed by atoms with Crippen LogP contribution in [0.4, 0.5) is 5.95 Å². The first-order valence-electron chi connectivity index (χ1n) is 10.5. The molecule has 7 nitrogen and oxygen atoms in total. The molecule has 1 aliphatic carbocycles. The molecule has 2 fully saturated rings. The molecule has 0 amide bonds. The average Bonchev–Trinajstić information content (AvgIpc) is 3.01. The normalized spacial score (nSPS) is 21.8. The summed E-state index contributed by atoms with van der Waals surface area (Å²) in [4.78, 5) is 36.6. The number of aromatic nitrogens is 2. The van der Waals surface area contributed by atoms with E-state index in [-0.39, 0.29) is 11.6 Å². The Labute approximate surface area is 166 Å². The maximum absolute atomic E-state index is 13.1. The number of hydrogen-bond acceptors (Lipinski definition) is 7. The Balaban J connectivity index is 1.89. The van der Waals surface area contributed by atoms with Crippen LogP contribution in [-0.4, -0.2) is 47.7 Å². The van der Waals surface area contributed by atoms with Crippen molar-refractivity contribution in [2.75, 3.05) is 31.1 Å². The van der Waals surface area contributed by atoms with E-state index in [2.05, 4.69) is 20.2 Å². The molecule has 3 N–H and O–H groups in total. The van der Waals surface area contributed by atoms with Gasteiger partial charge < -0.3 is 16.0 Å². The van der Waals surface area contributed by atoms with Crippen molar-refractivity contribution >= 4 is 23.2 Å². The molecular formula is C21H31N5O2. The zero-order valence-corrected chi connectivity index (χ0v) is 16.7. The predicted octanol–water partition coefficient (Wildman–Crippen LogP) is 2.07.